The van der Waals surface area contributed by atoms with Crippen LogP contribution in [-0.4, -0.2) is 10.9 Å². The molecule has 3 heteroatoms. The molecular formula is C13H14N2O. The van der Waals surface area contributed by atoms with Gasteiger partial charge in [0.15, 0.2) is 0 Å². The number of hydrogen-bond acceptors (Lipinski definition) is 1. The summed E-state index contributed by atoms with van der Waals surface area (Å²) in [5, 5.41) is 1.12. The number of para-hydroxylation sites is 1. The van der Waals surface area contributed by atoms with Gasteiger partial charge in [-0.1, -0.05) is 25.1 Å². The Bertz CT molecular complexity index is 552. The molecule has 0 fully saturated rings. The number of H-pyrrole nitrogens is 1. The van der Waals surface area contributed by atoms with E-state index in [4.69, 9.17) is 5.73 Å². The lowest BCUT2D eigenvalue weighted by Crippen LogP contribution is -2.04. The Morgan fingerprint density at radius 1 is 1.50 bits per heavy atom. The highest BCUT2D eigenvalue weighted by molar-refractivity contribution is 5.96. The van der Waals surface area contributed by atoms with Gasteiger partial charge in [-0.25, -0.2) is 0 Å². The molecule has 82 valence electrons. The van der Waals surface area contributed by atoms with Crippen molar-refractivity contribution >= 4 is 22.9 Å². The number of rotatable bonds is 3. The van der Waals surface area contributed by atoms with Crippen LogP contribution in [0.15, 0.2) is 30.5 Å². The van der Waals surface area contributed by atoms with Crippen molar-refractivity contribution < 1.29 is 4.79 Å². The summed E-state index contributed by atoms with van der Waals surface area (Å²) in [6.45, 7) is 2.12. The number of fused-ring (bicyclic) bond motifs is 1. The summed E-state index contributed by atoms with van der Waals surface area (Å²) in [5.41, 5.74) is 8.47. The quantitative estimate of drug-likeness (QED) is 0.756. The van der Waals surface area contributed by atoms with Gasteiger partial charge < -0.3 is 10.7 Å². The van der Waals surface area contributed by atoms with Crippen molar-refractivity contribution in [2.24, 2.45) is 5.73 Å². The Balaban J connectivity index is 2.53. The molecule has 0 aliphatic heterocycles. The fraction of sp³-hybridized carbons (Fsp3) is 0.154. The molecule has 1 aromatic heterocycles. The summed E-state index contributed by atoms with van der Waals surface area (Å²) in [4.78, 5) is 13.9. The van der Waals surface area contributed by atoms with E-state index < -0.39 is 5.91 Å². The van der Waals surface area contributed by atoms with Crippen LogP contribution in [0.5, 0.6) is 0 Å². The molecular weight excluding hydrogens is 200 g/mol. The van der Waals surface area contributed by atoms with Gasteiger partial charge in [0.1, 0.15) is 0 Å². The van der Waals surface area contributed by atoms with Gasteiger partial charge in [-0.3, -0.25) is 4.79 Å². The molecule has 16 heavy (non-hydrogen) atoms. The van der Waals surface area contributed by atoms with E-state index in [1.165, 1.54) is 11.6 Å². The summed E-state index contributed by atoms with van der Waals surface area (Å²) in [7, 11) is 0. The highest BCUT2D eigenvalue weighted by atomic mass is 16.1. The zero-order valence-corrected chi connectivity index (χ0v) is 9.16. The number of aromatic nitrogens is 1. The molecule has 1 heterocycles. The normalized spacial score (nSPS) is 11.3. The van der Waals surface area contributed by atoms with Crippen molar-refractivity contribution in [3.63, 3.8) is 0 Å². The molecule has 0 spiro atoms. The summed E-state index contributed by atoms with van der Waals surface area (Å²) in [6, 6.07) is 6.16. The van der Waals surface area contributed by atoms with Crippen LogP contribution in [0.1, 0.15) is 18.1 Å². The first-order valence-corrected chi connectivity index (χ1v) is 5.29. The van der Waals surface area contributed by atoms with Gasteiger partial charge in [-0.15, -0.1) is 0 Å². The fourth-order valence-electron chi connectivity index (χ4n) is 1.84. The van der Waals surface area contributed by atoms with Gasteiger partial charge in [-0.05, 0) is 23.6 Å². The largest absolute Gasteiger partial charge is 0.366 e. The van der Waals surface area contributed by atoms with E-state index in [1.807, 2.05) is 18.3 Å². The minimum Gasteiger partial charge on any atom is -0.366 e. The van der Waals surface area contributed by atoms with E-state index in [1.54, 1.807) is 6.08 Å². The maximum Gasteiger partial charge on any atom is 0.241 e. The first kappa shape index (κ1) is 10.5. The highest BCUT2D eigenvalue weighted by Crippen LogP contribution is 2.22. The fourth-order valence-corrected chi connectivity index (χ4v) is 1.84. The maximum absolute atomic E-state index is 10.7. The number of nitrogens with one attached hydrogen (secondary N) is 1. The lowest BCUT2D eigenvalue weighted by molar-refractivity contribution is -0.113. The minimum atomic E-state index is -0.430. The van der Waals surface area contributed by atoms with E-state index in [2.05, 4.69) is 18.0 Å². The van der Waals surface area contributed by atoms with Crippen molar-refractivity contribution in [3.8, 4) is 0 Å². The summed E-state index contributed by atoms with van der Waals surface area (Å²) in [5.74, 6) is -0.430. The first-order valence-electron chi connectivity index (χ1n) is 5.29. The number of aromatic amines is 1. The molecule has 1 aromatic carbocycles. The van der Waals surface area contributed by atoms with Crippen LogP contribution < -0.4 is 5.73 Å². The zero-order valence-electron chi connectivity index (χ0n) is 9.16. The van der Waals surface area contributed by atoms with Crippen molar-refractivity contribution in [1.29, 1.82) is 0 Å². The van der Waals surface area contributed by atoms with E-state index in [9.17, 15) is 4.79 Å². The van der Waals surface area contributed by atoms with Crippen LogP contribution in [0.25, 0.3) is 17.0 Å². The molecule has 2 aromatic rings. The predicted octanol–water partition coefficient (Wildman–Crippen LogP) is 2.23. The minimum absolute atomic E-state index is 0.430. The molecule has 0 aliphatic rings. The Labute approximate surface area is 94.0 Å². The highest BCUT2D eigenvalue weighted by Gasteiger charge is 2.03. The van der Waals surface area contributed by atoms with Gasteiger partial charge >= 0.3 is 0 Å². The summed E-state index contributed by atoms with van der Waals surface area (Å²) >= 11 is 0. The smallest absolute Gasteiger partial charge is 0.241 e. The number of carbonyl (C=O) groups is 1. The molecule has 0 aliphatic carbocycles. The van der Waals surface area contributed by atoms with Gasteiger partial charge in [0.25, 0.3) is 0 Å². The molecule has 1 amide bonds. The third-order valence-electron chi connectivity index (χ3n) is 2.64. The Morgan fingerprint density at radius 3 is 3.00 bits per heavy atom. The Morgan fingerprint density at radius 2 is 2.31 bits per heavy atom. The molecule has 0 radical (unpaired) electrons. The van der Waals surface area contributed by atoms with Gasteiger partial charge in [0, 0.05) is 23.2 Å². The number of aryl methyl sites for hydroxylation is 1. The number of primary amides is 1. The van der Waals surface area contributed by atoms with E-state index in [0.717, 1.165) is 22.9 Å². The third-order valence-corrected chi connectivity index (χ3v) is 2.64. The molecule has 0 atom stereocenters. The SMILES string of the molecule is CCc1cccc2c(/C=C\C(N)=O)c[nH]c12. The molecule has 0 unspecified atom stereocenters. The zero-order chi connectivity index (χ0) is 11.5. The third kappa shape index (κ3) is 1.84. The Hall–Kier alpha value is -2.03. The average Bonchev–Trinajstić information content (AvgIpc) is 2.69. The molecule has 0 saturated heterocycles. The molecule has 2 rings (SSSR count). The second kappa shape index (κ2) is 4.23. The van der Waals surface area contributed by atoms with Crippen LogP contribution in [0, 0.1) is 0 Å². The van der Waals surface area contributed by atoms with Crippen LogP contribution >= 0.6 is 0 Å². The lowest BCUT2D eigenvalue weighted by atomic mass is 10.1. The molecule has 3 N–H and O–H groups in total. The van der Waals surface area contributed by atoms with Crippen LogP contribution in [-0.2, 0) is 11.2 Å². The van der Waals surface area contributed by atoms with E-state index >= 15 is 0 Å². The van der Waals surface area contributed by atoms with Crippen LogP contribution in [0.4, 0.5) is 0 Å². The lowest BCUT2D eigenvalue weighted by Gasteiger charge is -1.98. The molecule has 3 nitrogen and oxygen atoms in total. The monoisotopic (exact) mass is 214 g/mol. The van der Waals surface area contributed by atoms with Gasteiger partial charge in [-0.2, -0.15) is 0 Å². The summed E-state index contributed by atoms with van der Waals surface area (Å²) < 4.78 is 0. The summed E-state index contributed by atoms with van der Waals surface area (Å²) in [6.07, 6.45) is 5.99. The number of benzene rings is 1. The number of carbonyl (C=O) groups excluding carboxylic acids is 1. The molecule has 0 saturated carbocycles. The van der Waals surface area contributed by atoms with E-state index in [-0.39, 0.29) is 0 Å². The number of amides is 1. The van der Waals surface area contributed by atoms with Gasteiger partial charge in [0.2, 0.25) is 5.91 Å². The second-order valence-corrected chi connectivity index (χ2v) is 3.67. The van der Waals surface area contributed by atoms with Crippen molar-refractivity contribution in [3.05, 3.63) is 41.6 Å². The van der Waals surface area contributed by atoms with Crippen molar-refractivity contribution in [2.75, 3.05) is 0 Å². The topological polar surface area (TPSA) is 58.9 Å². The van der Waals surface area contributed by atoms with Crippen LogP contribution in [0.2, 0.25) is 0 Å². The number of nitrogens with two attached hydrogens (primary N) is 1. The van der Waals surface area contributed by atoms with Crippen molar-refractivity contribution in [1.82, 2.24) is 4.98 Å². The standard InChI is InChI=1S/C13H14N2O/c1-2-9-4-3-5-11-10(6-7-12(14)16)8-15-13(9)11/h3-8,15H,2H2,1H3,(H2,14,16)/b7-6-. The van der Waals surface area contributed by atoms with Gasteiger partial charge in [0.05, 0.1) is 0 Å². The maximum atomic E-state index is 10.7. The molecule has 0 bridgehead atoms. The van der Waals surface area contributed by atoms with Crippen LogP contribution in [0.3, 0.4) is 0 Å². The predicted molar refractivity (Wildman–Crippen MR) is 65.9 cm³/mol. The number of hydrogen-bond donors (Lipinski definition) is 2. The average molecular weight is 214 g/mol. The van der Waals surface area contributed by atoms with E-state index in [0.29, 0.717) is 0 Å². The Kier molecular flexibility index (Phi) is 2.77. The van der Waals surface area contributed by atoms with Crippen molar-refractivity contribution in [2.45, 2.75) is 13.3 Å². The first-order chi connectivity index (χ1) is 7.72. The second-order valence-electron chi connectivity index (χ2n) is 3.67.